The monoisotopic (exact) mass is 253 g/mol. The smallest absolute Gasteiger partial charge is 0.131 e. The van der Waals surface area contributed by atoms with Gasteiger partial charge in [-0.2, -0.15) is 0 Å². The molecule has 0 aromatic heterocycles. The summed E-state index contributed by atoms with van der Waals surface area (Å²) in [7, 11) is 0. The van der Waals surface area contributed by atoms with E-state index in [9.17, 15) is 4.39 Å². The van der Waals surface area contributed by atoms with Crippen LogP contribution in [0.3, 0.4) is 0 Å². The van der Waals surface area contributed by atoms with Crippen molar-refractivity contribution >= 4 is 0 Å². The number of rotatable bonds is 8. The Morgan fingerprint density at radius 3 is 2.72 bits per heavy atom. The van der Waals surface area contributed by atoms with Crippen LogP contribution >= 0.6 is 0 Å². The number of hydrogen-bond acceptors (Lipinski definition) is 2. The molecule has 0 bridgehead atoms. The van der Waals surface area contributed by atoms with Gasteiger partial charge in [-0.05, 0) is 38.4 Å². The predicted molar refractivity (Wildman–Crippen MR) is 73.5 cm³/mol. The maximum absolute atomic E-state index is 13.9. The molecule has 1 unspecified atom stereocenters. The maximum atomic E-state index is 13.9. The van der Waals surface area contributed by atoms with Gasteiger partial charge in [0.15, 0.2) is 0 Å². The van der Waals surface area contributed by atoms with Gasteiger partial charge in [0.05, 0.1) is 6.61 Å². The van der Waals surface area contributed by atoms with Gasteiger partial charge in [-0.1, -0.05) is 26.3 Å². The van der Waals surface area contributed by atoms with E-state index in [0.717, 1.165) is 25.8 Å². The lowest BCUT2D eigenvalue weighted by Gasteiger charge is -2.18. The van der Waals surface area contributed by atoms with Crippen molar-refractivity contribution in [3.63, 3.8) is 0 Å². The normalized spacial score (nSPS) is 12.4. The van der Waals surface area contributed by atoms with Gasteiger partial charge < -0.3 is 10.1 Å². The number of nitrogens with one attached hydrogen (secondary N) is 1. The lowest BCUT2D eigenvalue weighted by Crippen LogP contribution is -2.21. The van der Waals surface area contributed by atoms with Crippen LogP contribution in [0.15, 0.2) is 18.2 Å². The zero-order chi connectivity index (χ0) is 13.4. The van der Waals surface area contributed by atoms with Crippen molar-refractivity contribution in [2.45, 2.75) is 46.1 Å². The third kappa shape index (κ3) is 4.30. The summed E-state index contributed by atoms with van der Waals surface area (Å²) < 4.78 is 19.6. The largest absolute Gasteiger partial charge is 0.493 e. The minimum absolute atomic E-state index is 0.0252. The zero-order valence-electron chi connectivity index (χ0n) is 11.6. The molecule has 1 N–H and O–H groups in total. The highest BCUT2D eigenvalue weighted by Gasteiger charge is 2.15. The average molecular weight is 253 g/mol. The molecule has 18 heavy (non-hydrogen) atoms. The molecule has 1 atom stereocenters. The van der Waals surface area contributed by atoms with E-state index in [0.29, 0.717) is 17.9 Å². The average Bonchev–Trinajstić information content (AvgIpc) is 2.36. The Kier molecular flexibility index (Phi) is 6.73. The van der Waals surface area contributed by atoms with Crippen molar-refractivity contribution < 1.29 is 9.13 Å². The molecule has 2 nitrogen and oxygen atoms in total. The topological polar surface area (TPSA) is 21.3 Å². The van der Waals surface area contributed by atoms with Gasteiger partial charge in [-0.3, -0.25) is 0 Å². The quantitative estimate of drug-likeness (QED) is 0.705. The van der Waals surface area contributed by atoms with Crippen LogP contribution in [0.2, 0.25) is 0 Å². The Hall–Kier alpha value is -1.09. The fourth-order valence-corrected chi connectivity index (χ4v) is 1.85. The molecule has 0 heterocycles. The van der Waals surface area contributed by atoms with E-state index in [1.807, 2.05) is 13.0 Å². The minimum atomic E-state index is -0.194. The molecule has 0 aliphatic rings. The maximum Gasteiger partial charge on any atom is 0.131 e. The lowest BCUT2D eigenvalue weighted by molar-refractivity contribution is 0.300. The van der Waals surface area contributed by atoms with Gasteiger partial charge in [0.1, 0.15) is 11.6 Å². The molecule has 0 spiro atoms. The van der Waals surface area contributed by atoms with Gasteiger partial charge in [-0.25, -0.2) is 4.39 Å². The molecule has 0 fully saturated rings. The van der Waals surface area contributed by atoms with Gasteiger partial charge in [0.2, 0.25) is 0 Å². The Morgan fingerprint density at radius 2 is 2.06 bits per heavy atom. The highest BCUT2D eigenvalue weighted by molar-refractivity contribution is 5.37. The number of hydrogen-bond donors (Lipinski definition) is 1. The molecule has 1 aromatic rings. The molecule has 0 saturated carbocycles. The van der Waals surface area contributed by atoms with Crippen LogP contribution in [0, 0.1) is 5.82 Å². The van der Waals surface area contributed by atoms with Gasteiger partial charge in [0.25, 0.3) is 0 Å². The fraction of sp³-hybridized carbons (Fsp3) is 0.600. The van der Waals surface area contributed by atoms with E-state index < -0.39 is 0 Å². The molecule has 1 aromatic carbocycles. The number of unbranched alkanes of at least 4 members (excludes halogenated alkanes) is 1. The first-order chi connectivity index (χ1) is 8.70. The van der Waals surface area contributed by atoms with Crippen molar-refractivity contribution in [2.75, 3.05) is 13.2 Å². The third-order valence-electron chi connectivity index (χ3n) is 2.90. The van der Waals surface area contributed by atoms with Crippen LogP contribution in [0.5, 0.6) is 5.75 Å². The second kappa shape index (κ2) is 8.09. The van der Waals surface area contributed by atoms with Crippen LogP contribution < -0.4 is 10.1 Å². The van der Waals surface area contributed by atoms with Crippen LogP contribution in [0.4, 0.5) is 4.39 Å². The van der Waals surface area contributed by atoms with E-state index in [1.54, 1.807) is 6.07 Å². The number of benzene rings is 1. The zero-order valence-corrected chi connectivity index (χ0v) is 11.6. The summed E-state index contributed by atoms with van der Waals surface area (Å²) in [6, 6.07) is 5.01. The summed E-state index contributed by atoms with van der Waals surface area (Å²) in [6.07, 6.45) is 3.10. The molecule has 1 rings (SSSR count). The van der Waals surface area contributed by atoms with Crippen molar-refractivity contribution in [1.29, 1.82) is 0 Å². The summed E-state index contributed by atoms with van der Waals surface area (Å²) in [4.78, 5) is 0. The summed E-state index contributed by atoms with van der Waals surface area (Å²) >= 11 is 0. The second-order valence-corrected chi connectivity index (χ2v) is 4.53. The van der Waals surface area contributed by atoms with E-state index in [4.69, 9.17) is 4.74 Å². The minimum Gasteiger partial charge on any atom is -0.493 e. The van der Waals surface area contributed by atoms with Gasteiger partial charge in [-0.15, -0.1) is 0 Å². The van der Waals surface area contributed by atoms with Crippen molar-refractivity contribution in [3.05, 3.63) is 29.6 Å². The Morgan fingerprint density at radius 1 is 1.28 bits per heavy atom. The molecule has 0 aliphatic carbocycles. The second-order valence-electron chi connectivity index (χ2n) is 4.53. The van der Waals surface area contributed by atoms with E-state index >= 15 is 0 Å². The lowest BCUT2D eigenvalue weighted by atomic mass is 10.1. The Balaban J connectivity index is 2.79. The summed E-state index contributed by atoms with van der Waals surface area (Å²) in [5.41, 5.74) is 0.641. The Labute approximate surface area is 110 Å². The molecule has 0 radical (unpaired) electrons. The van der Waals surface area contributed by atoms with Crippen molar-refractivity contribution in [1.82, 2.24) is 5.32 Å². The van der Waals surface area contributed by atoms with Gasteiger partial charge >= 0.3 is 0 Å². The highest BCUT2D eigenvalue weighted by Crippen LogP contribution is 2.28. The molecule has 0 saturated heterocycles. The van der Waals surface area contributed by atoms with E-state index in [-0.39, 0.29) is 11.9 Å². The first kappa shape index (κ1) is 15.0. The van der Waals surface area contributed by atoms with Crippen LogP contribution in [-0.4, -0.2) is 13.2 Å². The molecular formula is C15H24FNO. The molecular weight excluding hydrogens is 229 g/mol. The van der Waals surface area contributed by atoms with Crippen LogP contribution in [-0.2, 0) is 0 Å². The fourth-order valence-electron chi connectivity index (χ4n) is 1.85. The van der Waals surface area contributed by atoms with Crippen LogP contribution in [0.1, 0.15) is 51.6 Å². The molecule has 0 amide bonds. The highest BCUT2D eigenvalue weighted by atomic mass is 19.1. The Bertz CT molecular complexity index is 354. The third-order valence-corrected chi connectivity index (χ3v) is 2.90. The summed E-state index contributed by atoms with van der Waals surface area (Å²) in [5, 5.41) is 3.30. The molecule has 0 aliphatic heterocycles. The molecule has 102 valence electrons. The number of halogens is 1. The first-order valence-corrected chi connectivity index (χ1v) is 6.85. The predicted octanol–water partition coefficient (Wildman–Crippen LogP) is 4.07. The summed E-state index contributed by atoms with van der Waals surface area (Å²) in [5.74, 6) is 0.472. The molecule has 3 heteroatoms. The summed E-state index contributed by atoms with van der Waals surface area (Å²) in [6.45, 7) is 7.71. The van der Waals surface area contributed by atoms with E-state index in [2.05, 4.69) is 19.2 Å². The first-order valence-electron chi connectivity index (χ1n) is 6.85. The SMILES string of the molecule is CCCCOc1cccc(F)c1C(C)NCCC. The van der Waals surface area contributed by atoms with Crippen molar-refractivity contribution in [3.8, 4) is 5.75 Å². The van der Waals surface area contributed by atoms with E-state index in [1.165, 1.54) is 6.07 Å². The number of ether oxygens (including phenoxy) is 1. The van der Waals surface area contributed by atoms with Crippen LogP contribution in [0.25, 0.3) is 0 Å². The van der Waals surface area contributed by atoms with Crippen molar-refractivity contribution in [2.24, 2.45) is 0 Å². The standard InChI is InChI=1S/C15H24FNO/c1-4-6-11-18-14-9-7-8-13(16)15(14)12(3)17-10-5-2/h7-9,12,17H,4-6,10-11H2,1-3H3. The van der Waals surface area contributed by atoms with Gasteiger partial charge in [0, 0.05) is 11.6 Å².